The molecule has 19 heavy (non-hydrogen) atoms. The third-order valence-corrected chi connectivity index (χ3v) is 3.78. The smallest absolute Gasteiger partial charge is 0.0400 e. The third-order valence-electron chi connectivity index (χ3n) is 3.78. The predicted octanol–water partition coefficient (Wildman–Crippen LogP) is 4.73. The first kappa shape index (κ1) is 10.4. The normalized spacial score (nSPS) is 11.4. The minimum absolute atomic E-state index is 0.846. The van der Waals surface area contributed by atoms with Crippen molar-refractivity contribution in [3.05, 3.63) is 66.7 Å². The summed E-state index contributed by atoms with van der Waals surface area (Å²) in [5, 5.41) is 7.42. The van der Waals surface area contributed by atoms with E-state index in [9.17, 15) is 0 Å². The lowest BCUT2D eigenvalue weighted by Gasteiger charge is -2.10. The molecular formula is C18H13N. The van der Waals surface area contributed by atoms with Gasteiger partial charge in [-0.25, -0.2) is 0 Å². The summed E-state index contributed by atoms with van der Waals surface area (Å²) in [4.78, 5) is 0. The Hall–Kier alpha value is -2.54. The van der Waals surface area contributed by atoms with Crippen molar-refractivity contribution in [3.8, 4) is 0 Å². The zero-order valence-corrected chi connectivity index (χ0v) is 10.4. The fourth-order valence-corrected chi connectivity index (χ4v) is 2.91. The van der Waals surface area contributed by atoms with Gasteiger partial charge >= 0.3 is 0 Å². The molecule has 1 nitrogen and oxygen atoms in total. The molecule has 0 saturated heterocycles. The Morgan fingerprint density at radius 3 is 2.05 bits per heavy atom. The summed E-state index contributed by atoms with van der Waals surface area (Å²) in [6.07, 6.45) is 0. The van der Waals surface area contributed by atoms with Gasteiger partial charge in [-0.2, -0.15) is 0 Å². The summed E-state index contributed by atoms with van der Waals surface area (Å²) in [6, 6.07) is 23.2. The summed E-state index contributed by atoms with van der Waals surface area (Å²) >= 11 is 0. The molecule has 0 aliphatic heterocycles. The highest BCUT2D eigenvalue weighted by molar-refractivity contribution is 6.22. The van der Waals surface area contributed by atoms with E-state index in [1.807, 2.05) is 6.07 Å². The van der Waals surface area contributed by atoms with Crippen LogP contribution >= 0.6 is 0 Å². The molecule has 2 N–H and O–H groups in total. The van der Waals surface area contributed by atoms with Crippen molar-refractivity contribution in [1.82, 2.24) is 0 Å². The van der Waals surface area contributed by atoms with Crippen molar-refractivity contribution in [2.45, 2.75) is 0 Å². The predicted molar refractivity (Wildman–Crippen MR) is 83.4 cm³/mol. The summed E-state index contributed by atoms with van der Waals surface area (Å²) < 4.78 is 0. The number of anilines is 1. The summed E-state index contributed by atoms with van der Waals surface area (Å²) in [5.74, 6) is 0. The summed E-state index contributed by atoms with van der Waals surface area (Å²) in [7, 11) is 0. The molecule has 4 aromatic carbocycles. The molecule has 0 bridgehead atoms. The number of benzene rings is 4. The van der Waals surface area contributed by atoms with Crippen LogP contribution in [0.4, 0.5) is 5.69 Å². The molecule has 0 aliphatic carbocycles. The average molecular weight is 243 g/mol. The maximum absolute atomic E-state index is 6.17. The molecule has 0 aromatic heterocycles. The molecule has 0 heterocycles. The monoisotopic (exact) mass is 243 g/mol. The topological polar surface area (TPSA) is 26.0 Å². The third kappa shape index (κ3) is 1.42. The lowest BCUT2D eigenvalue weighted by molar-refractivity contribution is 1.76. The number of nitrogens with two attached hydrogens (primary N) is 1. The number of nitrogen functional groups attached to an aromatic ring is 1. The van der Waals surface area contributed by atoms with Crippen molar-refractivity contribution >= 4 is 38.0 Å². The lowest BCUT2D eigenvalue weighted by Crippen LogP contribution is -1.89. The van der Waals surface area contributed by atoms with E-state index in [0.717, 1.165) is 11.1 Å². The van der Waals surface area contributed by atoms with Crippen LogP contribution in [-0.2, 0) is 0 Å². The summed E-state index contributed by atoms with van der Waals surface area (Å²) in [5.41, 5.74) is 7.01. The van der Waals surface area contributed by atoms with Crippen LogP contribution in [0.3, 0.4) is 0 Å². The van der Waals surface area contributed by atoms with Crippen LogP contribution in [0.1, 0.15) is 0 Å². The Kier molecular flexibility index (Phi) is 2.04. The Bertz CT molecular complexity index is 922. The average Bonchev–Trinajstić information content (AvgIpc) is 2.47. The molecule has 0 saturated carbocycles. The van der Waals surface area contributed by atoms with Crippen LogP contribution in [0.5, 0.6) is 0 Å². The van der Waals surface area contributed by atoms with E-state index >= 15 is 0 Å². The highest BCUT2D eigenvalue weighted by atomic mass is 14.5. The second-order valence-corrected chi connectivity index (χ2v) is 4.90. The first-order valence-electron chi connectivity index (χ1n) is 6.43. The van der Waals surface area contributed by atoms with E-state index in [4.69, 9.17) is 5.73 Å². The van der Waals surface area contributed by atoms with Crippen molar-refractivity contribution in [1.29, 1.82) is 0 Å². The minimum Gasteiger partial charge on any atom is -0.398 e. The van der Waals surface area contributed by atoms with Gasteiger partial charge in [-0.3, -0.25) is 0 Å². The first-order valence-corrected chi connectivity index (χ1v) is 6.43. The van der Waals surface area contributed by atoms with Crippen LogP contribution in [0.2, 0.25) is 0 Å². The first-order chi connectivity index (χ1) is 9.34. The van der Waals surface area contributed by atoms with Crippen LogP contribution in [-0.4, -0.2) is 0 Å². The number of hydrogen-bond donors (Lipinski definition) is 1. The van der Waals surface area contributed by atoms with Crippen molar-refractivity contribution < 1.29 is 0 Å². The van der Waals surface area contributed by atoms with Crippen molar-refractivity contribution in [2.24, 2.45) is 0 Å². The largest absolute Gasteiger partial charge is 0.398 e. The quantitative estimate of drug-likeness (QED) is 0.350. The van der Waals surface area contributed by atoms with Gasteiger partial charge in [0.2, 0.25) is 0 Å². The SMILES string of the molecule is Nc1cc2ccc3ccccc3c2c2ccccc12. The van der Waals surface area contributed by atoms with E-state index in [2.05, 4.69) is 60.7 Å². The zero-order valence-electron chi connectivity index (χ0n) is 10.4. The maximum Gasteiger partial charge on any atom is 0.0400 e. The van der Waals surface area contributed by atoms with Crippen molar-refractivity contribution in [3.63, 3.8) is 0 Å². The van der Waals surface area contributed by atoms with Gasteiger partial charge in [-0.15, -0.1) is 0 Å². The maximum atomic E-state index is 6.17. The zero-order chi connectivity index (χ0) is 12.8. The number of rotatable bonds is 0. The van der Waals surface area contributed by atoms with E-state index in [1.165, 1.54) is 26.9 Å². The van der Waals surface area contributed by atoms with Gasteiger partial charge in [0.15, 0.2) is 0 Å². The molecule has 0 unspecified atom stereocenters. The second-order valence-electron chi connectivity index (χ2n) is 4.90. The molecular weight excluding hydrogens is 230 g/mol. The number of hydrogen-bond acceptors (Lipinski definition) is 1. The van der Waals surface area contributed by atoms with E-state index in [-0.39, 0.29) is 0 Å². The molecule has 0 amide bonds. The van der Waals surface area contributed by atoms with Crippen LogP contribution in [0, 0.1) is 0 Å². The standard InChI is InChI=1S/C18H13N/c19-17-11-13-10-9-12-5-1-2-6-14(12)18(13)16-8-4-3-7-15(16)17/h1-11H,19H2. The number of fused-ring (bicyclic) bond motifs is 5. The van der Waals surface area contributed by atoms with Crippen LogP contribution < -0.4 is 5.73 Å². The lowest BCUT2D eigenvalue weighted by atomic mass is 9.95. The molecule has 0 atom stereocenters. The van der Waals surface area contributed by atoms with Gasteiger partial charge in [0, 0.05) is 11.1 Å². The van der Waals surface area contributed by atoms with Gasteiger partial charge < -0.3 is 5.73 Å². The van der Waals surface area contributed by atoms with Gasteiger partial charge in [-0.05, 0) is 33.0 Å². The summed E-state index contributed by atoms with van der Waals surface area (Å²) in [6.45, 7) is 0. The Morgan fingerprint density at radius 1 is 0.579 bits per heavy atom. The van der Waals surface area contributed by atoms with Crippen LogP contribution in [0.15, 0.2) is 66.7 Å². The van der Waals surface area contributed by atoms with Crippen molar-refractivity contribution in [2.75, 3.05) is 5.73 Å². The van der Waals surface area contributed by atoms with Gasteiger partial charge in [0.1, 0.15) is 0 Å². The van der Waals surface area contributed by atoms with Gasteiger partial charge in [0.25, 0.3) is 0 Å². The highest BCUT2D eigenvalue weighted by Gasteiger charge is 2.07. The molecule has 90 valence electrons. The Balaban J connectivity index is 2.39. The Morgan fingerprint density at radius 2 is 1.21 bits per heavy atom. The molecule has 4 rings (SSSR count). The van der Waals surface area contributed by atoms with Crippen LogP contribution in [0.25, 0.3) is 32.3 Å². The minimum atomic E-state index is 0.846. The molecule has 0 spiro atoms. The van der Waals surface area contributed by atoms with Gasteiger partial charge in [-0.1, -0.05) is 60.7 Å². The fourth-order valence-electron chi connectivity index (χ4n) is 2.91. The molecule has 0 fully saturated rings. The molecule has 0 aliphatic rings. The molecule has 0 radical (unpaired) electrons. The van der Waals surface area contributed by atoms with E-state index in [0.29, 0.717) is 0 Å². The highest BCUT2D eigenvalue weighted by Crippen LogP contribution is 2.34. The van der Waals surface area contributed by atoms with E-state index < -0.39 is 0 Å². The van der Waals surface area contributed by atoms with Gasteiger partial charge in [0.05, 0.1) is 0 Å². The molecule has 1 heteroatoms. The van der Waals surface area contributed by atoms with E-state index in [1.54, 1.807) is 0 Å². The molecule has 4 aromatic rings. The fraction of sp³-hybridized carbons (Fsp3) is 0. The Labute approximate surface area is 111 Å². The second kappa shape index (κ2) is 3.72.